The molecule has 4 nitrogen and oxygen atoms in total. The fourth-order valence-corrected chi connectivity index (χ4v) is 1.78. The van der Waals surface area contributed by atoms with Crippen LogP contribution in [0.3, 0.4) is 0 Å². The molecule has 0 aromatic heterocycles. The maximum Gasteiger partial charge on any atom is 0.224 e. The Balaban J connectivity index is 1.88. The Morgan fingerprint density at radius 3 is 2.16 bits per heavy atom. The van der Waals surface area contributed by atoms with Gasteiger partial charge in [0.1, 0.15) is 11.5 Å². The van der Waals surface area contributed by atoms with Gasteiger partial charge >= 0.3 is 0 Å². The molecule has 0 atom stereocenters. The number of carbonyl (C=O) groups excluding carboxylic acids is 1. The van der Waals surface area contributed by atoms with Gasteiger partial charge in [-0.05, 0) is 35.4 Å². The molecule has 2 aromatic carbocycles. The Labute approximate surface area is 111 Å². The Kier molecular flexibility index (Phi) is 4.03. The maximum atomic E-state index is 11.7. The molecular weight excluding hydrogens is 242 g/mol. The van der Waals surface area contributed by atoms with Crippen LogP contribution in [0.2, 0.25) is 0 Å². The van der Waals surface area contributed by atoms with Crippen molar-refractivity contribution in [2.75, 3.05) is 0 Å². The van der Waals surface area contributed by atoms with Crippen molar-refractivity contribution in [1.82, 2.24) is 5.32 Å². The summed E-state index contributed by atoms with van der Waals surface area (Å²) in [6, 6.07) is 13.4. The number of aromatic hydroxyl groups is 2. The lowest BCUT2D eigenvalue weighted by atomic mass is 10.1. The molecule has 1 amide bonds. The van der Waals surface area contributed by atoms with Gasteiger partial charge in [-0.1, -0.05) is 24.3 Å². The Bertz CT molecular complexity index is 581. The van der Waals surface area contributed by atoms with Gasteiger partial charge in [-0.15, -0.1) is 0 Å². The number of phenolic OH excluding ortho intramolecular Hbond substituents is 2. The third-order valence-corrected chi connectivity index (χ3v) is 2.68. The molecule has 98 valence electrons. The first-order chi connectivity index (χ1) is 9.13. The first kappa shape index (κ1) is 13.0. The minimum atomic E-state index is -0.131. The lowest BCUT2D eigenvalue weighted by Gasteiger charge is -2.06. The van der Waals surface area contributed by atoms with Crippen LogP contribution >= 0.6 is 0 Å². The van der Waals surface area contributed by atoms with Crippen LogP contribution in [0.15, 0.2) is 48.5 Å². The molecule has 0 spiro atoms. The standard InChI is InChI=1S/C15H15NO3/c17-13-5-1-3-11(7-13)9-15(19)16-10-12-4-2-6-14(18)8-12/h1-8,17-18H,9-10H2,(H,16,19). The van der Waals surface area contributed by atoms with Gasteiger partial charge in [0.05, 0.1) is 6.42 Å². The molecule has 0 radical (unpaired) electrons. The number of hydrogen-bond acceptors (Lipinski definition) is 3. The van der Waals surface area contributed by atoms with E-state index in [4.69, 9.17) is 0 Å². The Hall–Kier alpha value is -2.49. The van der Waals surface area contributed by atoms with Gasteiger partial charge in [0.15, 0.2) is 0 Å². The summed E-state index contributed by atoms with van der Waals surface area (Å²) in [6.07, 6.45) is 0.215. The quantitative estimate of drug-likeness (QED) is 0.784. The molecule has 4 heteroatoms. The van der Waals surface area contributed by atoms with E-state index in [1.54, 1.807) is 42.5 Å². The van der Waals surface area contributed by atoms with Gasteiger partial charge in [0.25, 0.3) is 0 Å². The molecule has 0 aliphatic carbocycles. The predicted octanol–water partition coefficient (Wildman–Crippen LogP) is 1.96. The van der Waals surface area contributed by atoms with Crippen molar-refractivity contribution in [2.24, 2.45) is 0 Å². The normalized spacial score (nSPS) is 10.1. The Morgan fingerprint density at radius 1 is 0.947 bits per heavy atom. The fourth-order valence-electron chi connectivity index (χ4n) is 1.78. The molecule has 0 aliphatic rings. The van der Waals surface area contributed by atoms with Crippen molar-refractivity contribution in [2.45, 2.75) is 13.0 Å². The van der Waals surface area contributed by atoms with Gasteiger partial charge in [-0.25, -0.2) is 0 Å². The van der Waals surface area contributed by atoms with Crippen LogP contribution in [0, 0.1) is 0 Å². The molecule has 0 fully saturated rings. The van der Waals surface area contributed by atoms with E-state index in [0.717, 1.165) is 11.1 Å². The molecule has 0 heterocycles. The summed E-state index contributed by atoms with van der Waals surface area (Å²) < 4.78 is 0. The van der Waals surface area contributed by atoms with Crippen LogP contribution in [0.25, 0.3) is 0 Å². The molecule has 0 saturated heterocycles. The van der Waals surface area contributed by atoms with Gasteiger partial charge in [0.2, 0.25) is 5.91 Å². The highest BCUT2D eigenvalue weighted by Crippen LogP contribution is 2.12. The van der Waals surface area contributed by atoms with Gasteiger partial charge in [-0.2, -0.15) is 0 Å². The highest BCUT2D eigenvalue weighted by Gasteiger charge is 2.04. The third-order valence-electron chi connectivity index (χ3n) is 2.68. The molecule has 0 bridgehead atoms. The van der Waals surface area contributed by atoms with Crippen LogP contribution < -0.4 is 5.32 Å². The summed E-state index contributed by atoms with van der Waals surface area (Å²) in [4.78, 5) is 11.7. The smallest absolute Gasteiger partial charge is 0.224 e. The summed E-state index contributed by atoms with van der Waals surface area (Å²) in [6.45, 7) is 0.367. The molecule has 2 aromatic rings. The minimum absolute atomic E-state index is 0.131. The number of phenols is 2. The molecule has 3 N–H and O–H groups in total. The number of carbonyl (C=O) groups is 1. The topological polar surface area (TPSA) is 69.6 Å². The number of rotatable bonds is 4. The molecule has 0 saturated carbocycles. The van der Waals surface area contributed by atoms with Gasteiger partial charge in [0, 0.05) is 6.54 Å². The SMILES string of the molecule is O=C(Cc1cccc(O)c1)NCc1cccc(O)c1. The second-order valence-corrected chi connectivity index (χ2v) is 4.29. The summed E-state index contributed by atoms with van der Waals surface area (Å²) in [7, 11) is 0. The lowest BCUT2D eigenvalue weighted by Crippen LogP contribution is -2.24. The second kappa shape index (κ2) is 5.91. The van der Waals surface area contributed by atoms with Crippen LogP contribution in [0.5, 0.6) is 11.5 Å². The largest absolute Gasteiger partial charge is 0.508 e. The number of benzene rings is 2. The van der Waals surface area contributed by atoms with Crippen molar-refractivity contribution in [3.63, 3.8) is 0 Å². The first-order valence-electron chi connectivity index (χ1n) is 5.96. The van der Waals surface area contributed by atoms with E-state index >= 15 is 0 Å². The summed E-state index contributed by atoms with van der Waals surface area (Å²) in [5, 5.41) is 21.4. The predicted molar refractivity (Wildman–Crippen MR) is 71.8 cm³/mol. The van der Waals surface area contributed by atoms with Crippen LogP contribution in [0.1, 0.15) is 11.1 Å². The molecule has 2 rings (SSSR count). The van der Waals surface area contributed by atoms with Gasteiger partial charge in [-0.3, -0.25) is 4.79 Å². The van der Waals surface area contributed by atoms with E-state index in [2.05, 4.69) is 5.32 Å². The maximum absolute atomic E-state index is 11.7. The zero-order chi connectivity index (χ0) is 13.7. The molecular formula is C15H15NO3. The van der Waals surface area contributed by atoms with E-state index in [9.17, 15) is 15.0 Å². The zero-order valence-corrected chi connectivity index (χ0v) is 10.3. The van der Waals surface area contributed by atoms with Crippen LogP contribution in [-0.4, -0.2) is 16.1 Å². The highest BCUT2D eigenvalue weighted by atomic mass is 16.3. The van der Waals surface area contributed by atoms with Crippen molar-refractivity contribution in [3.8, 4) is 11.5 Å². The van der Waals surface area contributed by atoms with Crippen LogP contribution in [-0.2, 0) is 17.8 Å². The average Bonchev–Trinajstić information content (AvgIpc) is 2.36. The van der Waals surface area contributed by atoms with E-state index in [1.807, 2.05) is 6.07 Å². The third kappa shape index (κ3) is 4.03. The van der Waals surface area contributed by atoms with Crippen LogP contribution in [0.4, 0.5) is 0 Å². The van der Waals surface area contributed by atoms with E-state index in [-0.39, 0.29) is 23.8 Å². The number of amides is 1. The first-order valence-corrected chi connectivity index (χ1v) is 5.96. The number of nitrogens with one attached hydrogen (secondary N) is 1. The highest BCUT2D eigenvalue weighted by molar-refractivity contribution is 5.78. The summed E-state index contributed by atoms with van der Waals surface area (Å²) in [5.41, 5.74) is 1.60. The summed E-state index contributed by atoms with van der Waals surface area (Å²) in [5.74, 6) is 0.201. The van der Waals surface area contributed by atoms with Crippen molar-refractivity contribution < 1.29 is 15.0 Å². The van der Waals surface area contributed by atoms with E-state index in [0.29, 0.717) is 6.54 Å². The van der Waals surface area contributed by atoms with E-state index in [1.165, 1.54) is 0 Å². The fraction of sp³-hybridized carbons (Fsp3) is 0.133. The number of hydrogen-bond donors (Lipinski definition) is 3. The van der Waals surface area contributed by atoms with E-state index < -0.39 is 0 Å². The van der Waals surface area contributed by atoms with Crippen molar-refractivity contribution in [1.29, 1.82) is 0 Å². The monoisotopic (exact) mass is 257 g/mol. The summed E-state index contributed by atoms with van der Waals surface area (Å²) >= 11 is 0. The second-order valence-electron chi connectivity index (χ2n) is 4.29. The Morgan fingerprint density at radius 2 is 1.53 bits per heavy atom. The average molecular weight is 257 g/mol. The minimum Gasteiger partial charge on any atom is -0.508 e. The molecule has 0 aliphatic heterocycles. The lowest BCUT2D eigenvalue weighted by molar-refractivity contribution is -0.120. The zero-order valence-electron chi connectivity index (χ0n) is 10.3. The molecule has 19 heavy (non-hydrogen) atoms. The van der Waals surface area contributed by atoms with Gasteiger partial charge < -0.3 is 15.5 Å². The van der Waals surface area contributed by atoms with Crippen molar-refractivity contribution >= 4 is 5.91 Å². The molecule has 0 unspecified atom stereocenters. The van der Waals surface area contributed by atoms with Crippen molar-refractivity contribution in [3.05, 3.63) is 59.7 Å².